The zero-order valence-electron chi connectivity index (χ0n) is 7.80. The third-order valence-corrected chi connectivity index (χ3v) is 2.49. The number of aromatic amines is 1. The number of aliphatic hydroxyl groups is 1. The molecule has 72 valence electrons. The molecule has 0 spiro atoms. The normalized spacial score (nSPS) is 28.2. The lowest BCUT2D eigenvalue weighted by molar-refractivity contribution is 0.0609. The highest BCUT2D eigenvalue weighted by molar-refractivity contribution is 5.10. The van der Waals surface area contributed by atoms with Gasteiger partial charge in [0.25, 0.3) is 0 Å². The Morgan fingerprint density at radius 1 is 1.69 bits per heavy atom. The van der Waals surface area contributed by atoms with Gasteiger partial charge in [-0.1, -0.05) is 0 Å². The van der Waals surface area contributed by atoms with Crippen LogP contribution in [0.4, 0.5) is 0 Å². The van der Waals surface area contributed by atoms with E-state index >= 15 is 0 Å². The predicted octanol–water partition coefficient (Wildman–Crippen LogP) is -0.0150. The molecule has 1 aliphatic rings. The average Bonchev–Trinajstić information content (AvgIpc) is 2.62. The van der Waals surface area contributed by atoms with Gasteiger partial charge in [-0.05, 0) is 26.0 Å². The molecule has 2 heterocycles. The standard InChI is InChI=1S/C9H15N3O/c1-7-4-8(12-11-7)5-9(13)2-3-10-6-9/h4,10,13H,2-3,5-6H2,1H3,(H,11,12). The minimum Gasteiger partial charge on any atom is -0.388 e. The van der Waals surface area contributed by atoms with Crippen LogP contribution in [-0.2, 0) is 6.42 Å². The largest absolute Gasteiger partial charge is 0.388 e. The fraction of sp³-hybridized carbons (Fsp3) is 0.667. The molecule has 0 saturated carbocycles. The predicted molar refractivity (Wildman–Crippen MR) is 49.5 cm³/mol. The van der Waals surface area contributed by atoms with Crippen LogP contribution in [0.2, 0.25) is 0 Å². The maximum absolute atomic E-state index is 10.0. The van der Waals surface area contributed by atoms with E-state index in [9.17, 15) is 5.11 Å². The Labute approximate surface area is 77.4 Å². The summed E-state index contributed by atoms with van der Waals surface area (Å²) in [6, 6.07) is 1.98. The van der Waals surface area contributed by atoms with Crippen LogP contribution >= 0.6 is 0 Å². The molecule has 0 aromatic carbocycles. The second-order valence-corrected chi connectivity index (χ2v) is 3.87. The fourth-order valence-electron chi connectivity index (χ4n) is 1.78. The number of aryl methyl sites for hydroxylation is 1. The molecule has 1 unspecified atom stereocenters. The summed E-state index contributed by atoms with van der Waals surface area (Å²) in [5.74, 6) is 0. The molecular weight excluding hydrogens is 166 g/mol. The second-order valence-electron chi connectivity index (χ2n) is 3.87. The molecular formula is C9H15N3O. The second kappa shape index (κ2) is 3.12. The zero-order valence-corrected chi connectivity index (χ0v) is 7.80. The van der Waals surface area contributed by atoms with Crippen LogP contribution in [0.1, 0.15) is 17.8 Å². The van der Waals surface area contributed by atoms with Gasteiger partial charge < -0.3 is 10.4 Å². The zero-order chi connectivity index (χ0) is 9.31. The number of H-pyrrole nitrogens is 1. The Morgan fingerprint density at radius 3 is 3.08 bits per heavy atom. The van der Waals surface area contributed by atoms with Gasteiger partial charge in [0.05, 0.1) is 11.3 Å². The molecule has 0 aliphatic carbocycles. The molecule has 1 saturated heterocycles. The van der Waals surface area contributed by atoms with E-state index in [2.05, 4.69) is 15.5 Å². The molecule has 0 amide bonds. The molecule has 4 nitrogen and oxygen atoms in total. The summed E-state index contributed by atoms with van der Waals surface area (Å²) in [4.78, 5) is 0. The number of nitrogens with one attached hydrogen (secondary N) is 2. The highest BCUT2D eigenvalue weighted by Crippen LogP contribution is 2.19. The van der Waals surface area contributed by atoms with Crippen molar-refractivity contribution in [3.63, 3.8) is 0 Å². The lowest BCUT2D eigenvalue weighted by Crippen LogP contribution is -2.33. The van der Waals surface area contributed by atoms with Crippen LogP contribution in [0, 0.1) is 6.92 Å². The first-order valence-corrected chi connectivity index (χ1v) is 4.62. The third-order valence-electron chi connectivity index (χ3n) is 2.49. The van der Waals surface area contributed by atoms with Crippen molar-refractivity contribution in [1.82, 2.24) is 15.5 Å². The van der Waals surface area contributed by atoms with E-state index in [0.29, 0.717) is 13.0 Å². The van der Waals surface area contributed by atoms with Crippen LogP contribution in [0.25, 0.3) is 0 Å². The molecule has 3 N–H and O–H groups in total. The van der Waals surface area contributed by atoms with Crippen molar-refractivity contribution in [3.8, 4) is 0 Å². The maximum atomic E-state index is 10.0. The van der Waals surface area contributed by atoms with Gasteiger partial charge in [0.15, 0.2) is 0 Å². The number of hydrogen-bond donors (Lipinski definition) is 3. The van der Waals surface area contributed by atoms with Crippen molar-refractivity contribution in [2.24, 2.45) is 0 Å². The van der Waals surface area contributed by atoms with Gasteiger partial charge in [-0.25, -0.2) is 0 Å². The Kier molecular flexibility index (Phi) is 2.09. The highest BCUT2D eigenvalue weighted by atomic mass is 16.3. The summed E-state index contributed by atoms with van der Waals surface area (Å²) in [6.45, 7) is 3.55. The smallest absolute Gasteiger partial charge is 0.0839 e. The molecule has 1 aromatic heterocycles. The van der Waals surface area contributed by atoms with Crippen molar-refractivity contribution in [3.05, 3.63) is 17.5 Å². The average molecular weight is 181 g/mol. The first-order valence-electron chi connectivity index (χ1n) is 4.62. The first kappa shape index (κ1) is 8.72. The molecule has 0 bridgehead atoms. The molecule has 4 heteroatoms. The van der Waals surface area contributed by atoms with E-state index in [1.54, 1.807) is 0 Å². The van der Waals surface area contributed by atoms with Gasteiger partial charge in [0.2, 0.25) is 0 Å². The third kappa shape index (κ3) is 1.89. The van der Waals surface area contributed by atoms with E-state index in [4.69, 9.17) is 0 Å². The minimum absolute atomic E-state index is 0.582. The monoisotopic (exact) mass is 181 g/mol. The van der Waals surface area contributed by atoms with E-state index in [-0.39, 0.29) is 0 Å². The van der Waals surface area contributed by atoms with E-state index in [1.807, 2.05) is 13.0 Å². The number of rotatable bonds is 2. The summed E-state index contributed by atoms with van der Waals surface area (Å²) in [6.07, 6.45) is 1.46. The van der Waals surface area contributed by atoms with Crippen LogP contribution in [0.15, 0.2) is 6.07 Å². The summed E-state index contributed by atoms with van der Waals surface area (Å²) in [7, 11) is 0. The minimum atomic E-state index is -0.582. The fourth-order valence-corrected chi connectivity index (χ4v) is 1.78. The molecule has 13 heavy (non-hydrogen) atoms. The number of β-amino-alcohol motifs (C(OH)–C–C–N with tert-alkyl or cyclic N) is 1. The quantitative estimate of drug-likeness (QED) is 0.601. The number of nitrogens with zero attached hydrogens (tertiary/aromatic N) is 1. The van der Waals surface area contributed by atoms with Crippen molar-refractivity contribution >= 4 is 0 Å². The molecule has 1 aliphatic heterocycles. The molecule has 1 aromatic rings. The van der Waals surface area contributed by atoms with Gasteiger partial charge in [0, 0.05) is 18.7 Å². The SMILES string of the molecule is Cc1cc(CC2(O)CCNC2)n[nH]1. The Hall–Kier alpha value is -0.870. The lowest BCUT2D eigenvalue weighted by Gasteiger charge is -2.19. The van der Waals surface area contributed by atoms with Crippen molar-refractivity contribution in [2.75, 3.05) is 13.1 Å². The topological polar surface area (TPSA) is 60.9 Å². The summed E-state index contributed by atoms with van der Waals surface area (Å²) < 4.78 is 0. The Bertz CT molecular complexity index is 289. The van der Waals surface area contributed by atoms with Gasteiger partial charge >= 0.3 is 0 Å². The van der Waals surface area contributed by atoms with Crippen molar-refractivity contribution in [1.29, 1.82) is 0 Å². The van der Waals surface area contributed by atoms with Gasteiger partial charge in [-0.15, -0.1) is 0 Å². The number of hydrogen-bond acceptors (Lipinski definition) is 3. The molecule has 2 rings (SSSR count). The molecule has 1 atom stereocenters. The Morgan fingerprint density at radius 2 is 2.54 bits per heavy atom. The summed E-state index contributed by atoms with van der Waals surface area (Å²) >= 11 is 0. The van der Waals surface area contributed by atoms with Gasteiger partial charge in [0.1, 0.15) is 0 Å². The summed E-state index contributed by atoms with van der Waals surface area (Å²) in [5, 5.41) is 20.2. The van der Waals surface area contributed by atoms with Gasteiger partial charge in [-0.2, -0.15) is 5.10 Å². The van der Waals surface area contributed by atoms with Crippen LogP contribution in [0.5, 0.6) is 0 Å². The van der Waals surface area contributed by atoms with Crippen molar-refractivity contribution < 1.29 is 5.11 Å². The van der Waals surface area contributed by atoms with E-state index in [0.717, 1.165) is 24.4 Å². The highest BCUT2D eigenvalue weighted by Gasteiger charge is 2.31. The summed E-state index contributed by atoms with van der Waals surface area (Å²) in [5.41, 5.74) is 1.41. The van der Waals surface area contributed by atoms with E-state index < -0.39 is 5.60 Å². The molecule has 0 radical (unpaired) electrons. The lowest BCUT2D eigenvalue weighted by atomic mass is 9.97. The van der Waals surface area contributed by atoms with Crippen molar-refractivity contribution in [2.45, 2.75) is 25.4 Å². The number of aromatic nitrogens is 2. The maximum Gasteiger partial charge on any atom is 0.0839 e. The van der Waals surface area contributed by atoms with Crippen LogP contribution < -0.4 is 5.32 Å². The van der Waals surface area contributed by atoms with Crippen LogP contribution in [-0.4, -0.2) is 34.0 Å². The van der Waals surface area contributed by atoms with Gasteiger partial charge in [-0.3, -0.25) is 5.10 Å². The van der Waals surface area contributed by atoms with Crippen LogP contribution in [0.3, 0.4) is 0 Å². The Balaban J connectivity index is 2.04. The first-order chi connectivity index (χ1) is 6.18. The molecule has 1 fully saturated rings. The van der Waals surface area contributed by atoms with E-state index in [1.165, 1.54) is 0 Å².